The van der Waals surface area contributed by atoms with Crippen molar-refractivity contribution < 1.29 is 0 Å². The fourth-order valence-electron chi connectivity index (χ4n) is 2.36. The molecule has 0 aliphatic heterocycles. The van der Waals surface area contributed by atoms with E-state index in [1.165, 1.54) is 0 Å². The molecule has 3 aromatic rings. The largest absolute Gasteiger partial charge is 0.239 e. The van der Waals surface area contributed by atoms with E-state index in [1.54, 1.807) is 10.9 Å². The van der Waals surface area contributed by atoms with E-state index < -0.39 is 0 Å². The van der Waals surface area contributed by atoms with Crippen LogP contribution in [-0.4, -0.2) is 9.78 Å². The summed E-state index contributed by atoms with van der Waals surface area (Å²) in [6.45, 7) is 4.08. The minimum absolute atomic E-state index is 0.590. The Morgan fingerprint density at radius 2 is 1.81 bits per heavy atom. The standard InChI is InChI=1S/C18H15N3/c1-13-8-9-14(2)17(10-13)18-15(11-19)12-21(20-18)16-6-4-3-5-7-16/h3-10,12H,1-2H3. The van der Waals surface area contributed by atoms with Crippen LogP contribution in [0.2, 0.25) is 0 Å². The molecule has 0 spiro atoms. The van der Waals surface area contributed by atoms with Gasteiger partial charge < -0.3 is 0 Å². The molecule has 0 N–H and O–H groups in total. The second-order valence-electron chi connectivity index (χ2n) is 5.10. The molecule has 1 aromatic heterocycles. The van der Waals surface area contributed by atoms with Crippen LogP contribution < -0.4 is 0 Å². The molecular formula is C18H15N3. The van der Waals surface area contributed by atoms with Gasteiger partial charge in [0, 0.05) is 11.8 Å². The van der Waals surface area contributed by atoms with E-state index in [1.807, 2.05) is 44.2 Å². The average molecular weight is 273 g/mol. The van der Waals surface area contributed by atoms with Crippen molar-refractivity contribution in [2.24, 2.45) is 0 Å². The van der Waals surface area contributed by atoms with Crippen LogP contribution in [0, 0.1) is 25.2 Å². The Hall–Kier alpha value is -2.86. The van der Waals surface area contributed by atoms with E-state index in [-0.39, 0.29) is 0 Å². The van der Waals surface area contributed by atoms with Gasteiger partial charge in [-0.05, 0) is 37.6 Å². The summed E-state index contributed by atoms with van der Waals surface area (Å²) in [5.41, 5.74) is 5.58. The summed E-state index contributed by atoms with van der Waals surface area (Å²) in [4.78, 5) is 0. The zero-order valence-electron chi connectivity index (χ0n) is 12.0. The predicted octanol–water partition coefficient (Wildman–Crippen LogP) is 4.03. The normalized spacial score (nSPS) is 10.3. The quantitative estimate of drug-likeness (QED) is 0.707. The van der Waals surface area contributed by atoms with Crippen LogP contribution in [0.25, 0.3) is 16.9 Å². The highest BCUT2D eigenvalue weighted by molar-refractivity contribution is 5.70. The number of nitrogens with zero attached hydrogens (tertiary/aromatic N) is 3. The topological polar surface area (TPSA) is 41.6 Å². The summed E-state index contributed by atoms with van der Waals surface area (Å²) in [7, 11) is 0. The van der Waals surface area contributed by atoms with Crippen LogP contribution in [0.3, 0.4) is 0 Å². The molecule has 0 radical (unpaired) electrons. The van der Waals surface area contributed by atoms with E-state index in [0.717, 1.165) is 28.1 Å². The second-order valence-corrected chi connectivity index (χ2v) is 5.10. The van der Waals surface area contributed by atoms with Crippen molar-refractivity contribution in [1.82, 2.24) is 9.78 Å². The van der Waals surface area contributed by atoms with Gasteiger partial charge in [-0.25, -0.2) is 4.68 Å². The Morgan fingerprint density at radius 1 is 1.05 bits per heavy atom. The van der Waals surface area contributed by atoms with Gasteiger partial charge in [0.2, 0.25) is 0 Å². The van der Waals surface area contributed by atoms with Gasteiger partial charge in [-0.2, -0.15) is 10.4 Å². The van der Waals surface area contributed by atoms with Crippen LogP contribution in [0.15, 0.2) is 54.7 Å². The zero-order chi connectivity index (χ0) is 14.8. The zero-order valence-corrected chi connectivity index (χ0v) is 12.0. The summed E-state index contributed by atoms with van der Waals surface area (Å²) in [5.74, 6) is 0. The molecule has 102 valence electrons. The summed E-state index contributed by atoms with van der Waals surface area (Å²) in [6, 6.07) is 18.3. The molecule has 1 heterocycles. The molecule has 0 saturated carbocycles. The third-order valence-corrected chi connectivity index (χ3v) is 3.50. The monoisotopic (exact) mass is 273 g/mol. The lowest BCUT2D eigenvalue weighted by atomic mass is 10.0. The van der Waals surface area contributed by atoms with Gasteiger partial charge in [-0.1, -0.05) is 35.9 Å². The number of rotatable bonds is 2. The first-order chi connectivity index (χ1) is 10.2. The van der Waals surface area contributed by atoms with Crippen LogP contribution in [0.4, 0.5) is 0 Å². The van der Waals surface area contributed by atoms with Gasteiger partial charge in [0.25, 0.3) is 0 Å². The fourth-order valence-corrected chi connectivity index (χ4v) is 2.36. The first kappa shape index (κ1) is 13.1. The number of hydrogen-bond donors (Lipinski definition) is 0. The van der Waals surface area contributed by atoms with Gasteiger partial charge in [-0.3, -0.25) is 0 Å². The van der Waals surface area contributed by atoms with Crippen LogP contribution in [0.1, 0.15) is 16.7 Å². The number of nitriles is 1. The number of aromatic nitrogens is 2. The minimum Gasteiger partial charge on any atom is -0.239 e. The Morgan fingerprint density at radius 3 is 2.52 bits per heavy atom. The Kier molecular flexibility index (Phi) is 3.29. The van der Waals surface area contributed by atoms with Crippen molar-refractivity contribution in [3.05, 3.63) is 71.4 Å². The molecule has 0 aliphatic carbocycles. The number of benzene rings is 2. The highest BCUT2D eigenvalue weighted by atomic mass is 15.3. The van der Waals surface area contributed by atoms with Gasteiger partial charge in [-0.15, -0.1) is 0 Å². The van der Waals surface area contributed by atoms with Crippen molar-refractivity contribution in [3.8, 4) is 23.0 Å². The smallest absolute Gasteiger partial charge is 0.111 e. The number of para-hydroxylation sites is 1. The first-order valence-electron chi connectivity index (χ1n) is 6.82. The van der Waals surface area contributed by atoms with Crippen molar-refractivity contribution in [1.29, 1.82) is 5.26 Å². The highest BCUT2D eigenvalue weighted by Gasteiger charge is 2.14. The average Bonchev–Trinajstić information content (AvgIpc) is 2.94. The van der Waals surface area contributed by atoms with E-state index in [9.17, 15) is 5.26 Å². The fraction of sp³-hybridized carbons (Fsp3) is 0.111. The number of hydrogen-bond acceptors (Lipinski definition) is 2. The Balaban J connectivity index is 2.18. The maximum absolute atomic E-state index is 9.40. The van der Waals surface area contributed by atoms with Gasteiger partial charge >= 0.3 is 0 Å². The third-order valence-electron chi connectivity index (χ3n) is 3.50. The molecule has 0 bridgehead atoms. The van der Waals surface area contributed by atoms with E-state index in [0.29, 0.717) is 5.56 Å². The van der Waals surface area contributed by atoms with Crippen molar-refractivity contribution in [2.75, 3.05) is 0 Å². The van der Waals surface area contributed by atoms with E-state index in [4.69, 9.17) is 0 Å². The molecule has 0 aliphatic rings. The Bertz CT molecular complexity index is 823. The van der Waals surface area contributed by atoms with Crippen LogP contribution >= 0.6 is 0 Å². The third kappa shape index (κ3) is 2.44. The molecule has 0 saturated heterocycles. The van der Waals surface area contributed by atoms with Crippen LogP contribution in [0.5, 0.6) is 0 Å². The lowest BCUT2D eigenvalue weighted by Crippen LogP contribution is -1.94. The lowest BCUT2D eigenvalue weighted by Gasteiger charge is -2.05. The molecule has 3 rings (SSSR count). The van der Waals surface area contributed by atoms with E-state index >= 15 is 0 Å². The molecule has 0 amide bonds. The lowest BCUT2D eigenvalue weighted by molar-refractivity contribution is 0.884. The number of aryl methyl sites for hydroxylation is 2. The molecular weight excluding hydrogens is 258 g/mol. The predicted molar refractivity (Wildman–Crippen MR) is 83.2 cm³/mol. The summed E-state index contributed by atoms with van der Waals surface area (Å²) < 4.78 is 1.76. The maximum atomic E-state index is 9.40. The summed E-state index contributed by atoms with van der Waals surface area (Å²) >= 11 is 0. The molecule has 21 heavy (non-hydrogen) atoms. The van der Waals surface area contributed by atoms with Gasteiger partial charge in [0.15, 0.2) is 0 Å². The first-order valence-corrected chi connectivity index (χ1v) is 6.82. The molecule has 0 fully saturated rings. The SMILES string of the molecule is Cc1ccc(C)c(-c2nn(-c3ccccc3)cc2C#N)c1. The molecule has 0 unspecified atom stereocenters. The van der Waals surface area contributed by atoms with Crippen molar-refractivity contribution >= 4 is 0 Å². The van der Waals surface area contributed by atoms with E-state index in [2.05, 4.69) is 29.4 Å². The van der Waals surface area contributed by atoms with Crippen molar-refractivity contribution in [3.63, 3.8) is 0 Å². The molecule has 3 heteroatoms. The van der Waals surface area contributed by atoms with Gasteiger partial charge in [0.05, 0.1) is 11.3 Å². The highest BCUT2D eigenvalue weighted by Crippen LogP contribution is 2.27. The molecule has 3 nitrogen and oxygen atoms in total. The van der Waals surface area contributed by atoms with Crippen LogP contribution in [-0.2, 0) is 0 Å². The molecule has 0 atom stereocenters. The Labute approximate surface area is 124 Å². The summed E-state index contributed by atoms with van der Waals surface area (Å²) in [6.07, 6.45) is 1.78. The summed E-state index contributed by atoms with van der Waals surface area (Å²) in [5, 5.41) is 14.0. The second kappa shape index (κ2) is 5.26. The molecule has 2 aromatic carbocycles. The minimum atomic E-state index is 0.590. The maximum Gasteiger partial charge on any atom is 0.111 e. The van der Waals surface area contributed by atoms with Crippen molar-refractivity contribution in [2.45, 2.75) is 13.8 Å². The van der Waals surface area contributed by atoms with Gasteiger partial charge in [0.1, 0.15) is 11.8 Å².